The van der Waals surface area contributed by atoms with Crippen LogP contribution in [0.15, 0.2) is 48.7 Å². The number of halogens is 1. The van der Waals surface area contributed by atoms with Gasteiger partial charge in [0, 0.05) is 22.4 Å². The SMILES string of the molecule is Nc1nc(-c2ccccc2)c(-c2cc(Cl)c3[nH]ncc3c2)nc1NC(=O)C1CC1. The molecule has 0 atom stereocenters. The predicted molar refractivity (Wildman–Crippen MR) is 113 cm³/mol. The van der Waals surface area contributed by atoms with Gasteiger partial charge in [-0.2, -0.15) is 5.10 Å². The van der Waals surface area contributed by atoms with Gasteiger partial charge in [-0.05, 0) is 25.0 Å². The molecule has 1 saturated carbocycles. The van der Waals surface area contributed by atoms with Gasteiger partial charge in [-0.25, -0.2) is 9.97 Å². The van der Waals surface area contributed by atoms with Crippen molar-refractivity contribution in [3.63, 3.8) is 0 Å². The van der Waals surface area contributed by atoms with Gasteiger partial charge in [-0.3, -0.25) is 9.89 Å². The zero-order valence-electron chi connectivity index (χ0n) is 15.3. The van der Waals surface area contributed by atoms with Crippen molar-refractivity contribution >= 4 is 40.0 Å². The highest BCUT2D eigenvalue weighted by Gasteiger charge is 2.30. The molecule has 2 aromatic carbocycles. The summed E-state index contributed by atoms with van der Waals surface area (Å²) < 4.78 is 0. The molecule has 7 nitrogen and oxygen atoms in total. The first-order valence-electron chi connectivity index (χ1n) is 9.27. The predicted octanol–water partition coefficient (Wildman–Crippen LogP) is 4.27. The van der Waals surface area contributed by atoms with Gasteiger partial charge in [0.2, 0.25) is 5.91 Å². The Labute approximate surface area is 171 Å². The number of nitrogen functional groups attached to an aromatic ring is 1. The van der Waals surface area contributed by atoms with Crippen LogP contribution < -0.4 is 11.1 Å². The number of nitrogens with one attached hydrogen (secondary N) is 2. The summed E-state index contributed by atoms with van der Waals surface area (Å²) in [6, 6.07) is 13.4. The summed E-state index contributed by atoms with van der Waals surface area (Å²) >= 11 is 6.44. The highest BCUT2D eigenvalue weighted by molar-refractivity contribution is 6.35. The maximum Gasteiger partial charge on any atom is 0.228 e. The van der Waals surface area contributed by atoms with E-state index in [2.05, 4.69) is 20.5 Å². The number of fused-ring (bicyclic) bond motifs is 1. The lowest BCUT2D eigenvalue weighted by Gasteiger charge is -2.14. The third kappa shape index (κ3) is 3.30. The first kappa shape index (κ1) is 17.6. The molecule has 0 bridgehead atoms. The highest BCUT2D eigenvalue weighted by atomic mass is 35.5. The molecule has 2 aromatic heterocycles. The number of amides is 1. The van der Waals surface area contributed by atoms with Gasteiger partial charge in [0.1, 0.15) is 0 Å². The third-order valence-electron chi connectivity index (χ3n) is 4.93. The van der Waals surface area contributed by atoms with Crippen molar-refractivity contribution in [3.8, 4) is 22.5 Å². The van der Waals surface area contributed by atoms with Crippen LogP contribution >= 0.6 is 11.6 Å². The molecule has 1 aliphatic rings. The molecule has 1 aliphatic carbocycles. The summed E-state index contributed by atoms with van der Waals surface area (Å²) in [5, 5.41) is 11.1. The van der Waals surface area contributed by atoms with Crippen molar-refractivity contribution in [2.75, 3.05) is 11.1 Å². The minimum absolute atomic E-state index is 0.0326. The average molecular weight is 405 g/mol. The van der Waals surface area contributed by atoms with E-state index in [1.54, 1.807) is 12.3 Å². The summed E-state index contributed by atoms with van der Waals surface area (Å²) in [6.45, 7) is 0. The van der Waals surface area contributed by atoms with Crippen molar-refractivity contribution in [1.29, 1.82) is 0 Å². The van der Waals surface area contributed by atoms with E-state index in [1.807, 2.05) is 36.4 Å². The second-order valence-corrected chi connectivity index (χ2v) is 7.48. The Morgan fingerprint density at radius 3 is 2.62 bits per heavy atom. The lowest BCUT2D eigenvalue weighted by atomic mass is 10.0. The van der Waals surface area contributed by atoms with Gasteiger partial charge >= 0.3 is 0 Å². The molecule has 0 unspecified atom stereocenters. The van der Waals surface area contributed by atoms with Crippen LogP contribution in [-0.2, 0) is 4.79 Å². The lowest BCUT2D eigenvalue weighted by molar-refractivity contribution is -0.117. The van der Waals surface area contributed by atoms with Crippen molar-refractivity contribution in [1.82, 2.24) is 20.2 Å². The fourth-order valence-corrected chi connectivity index (χ4v) is 3.52. The molecule has 0 spiro atoms. The van der Waals surface area contributed by atoms with E-state index in [0.29, 0.717) is 16.4 Å². The third-order valence-corrected chi connectivity index (χ3v) is 5.23. The second kappa shape index (κ2) is 6.86. The Kier molecular flexibility index (Phi) is 4.17. The summed E-state index contributed by atoms with van der Waals surface area (Å²) in [6.07, 6.45) is 3.48. The largest absolute Gasteiger partial charge is 0.381 e. The number of carbonyl (C=O) groups excluding carboxylic acids is 1. The van der Waals surface area contributed by atoms with Gasteiger partial charge in [0.15, 0.2) is 11.6 Å². The summed E-state index contributed by atoms with van der Waals surface area (Å²) in [5.41, 5.74) is 9.73. The Morgan fingerprint density at radius 1 is 1.10 bits per heavy atom. The Hall–Kier alpha value is -3.45. The minimum Gasteiger partial charge on any atom is -0.381 e. The van der Waals surface area contributed by atoms with Crippen LogP contribution in [-0.4, -0.2) is 26.1 Å². The van der Waals surface area contributed by atoms with Crippen LogP contribution in [0.25, 0.3) is 33.4 Å². The van der Waals surface area contributed by atoms with E-state index in [1.165, 1.54) is 0 Å². The number of benzene rings is 2. The zero-order chi connectivity index (χ0) is 20.0. The summed E-state index contributed by atoms with van der Waals surface area (Å²) in [5.74, 6) is 0.398. The fourth-order valence-electron chi connectivity index (χ4n) is 3.25. The number of aromatic amines is 1. The van der Waals surface area contributed by atoms with Crippen LogP contribution in [0, 0.1) is 5.92 Å². The van der Waals surface area contributed by atoms with Gasteiger partial charge in [-0.1, -0.05) is 41.9 Å². The number of hydrogen-bond donors (Lipinski definition) is 3. The van der Waals surface area contributed by atoms with Crippen LogP contribution in [0.1, 0.15) is 12.8 Å². The summed E-state index contributed by atoms with van der Waals surface area (Å²) in [7, 11) is 0. The topological polar surface area (TPSA) is 110 Å². The number of nitrogens with two attached hydrogens (primary N) is 1. The van der Waals surface area contributed by atoms with Gasteiger partial charge < -0.3 is 11.1 Å². The van der Waals surface area contributed by atoms with Gasteiger partial charge in [0.05, 0.1) is 28.1 Å². The normalized spacial score (nSPS) is 13.6. The molecule has 4 aromatic rings. The molecule has 1 amide bonds. The van der Waals surface area contributed by atoms with Crippen LogP contribution in [0.5, 0.6) is 0 Å². The Morgan fingerprint density at radius 2 is 1.86 bits per heavy atom. The molecule has 0 aliphatic heterocycles. The number of anilines is 2. The van der Waals surface area contributed by atoms with E-state index in [4.69, 9.17) is 22.3 Å². The zero-order valence-corrected chi connectivity index (χ0v) is 16.1. The molecule has 2 heterocycles. The Balaban J connectivity index is 1.70. The highest BCUT2D eigenvalue weighted by Crippen LogP contribution is 2.36. The number of rotatable bonds is 4. The monoisotopic (exact) mass is 404 g/mol. The van der Waals surface area contributed by atoms with E-state index < -0.39 is 0 Å². The van der Waals surface area contributed by atoms with Crippen molar-refractivity contribution in [3.05, 3.63) is 53.7 Å². The standard InChI is InChI=1S/C21H17ClN6O/c22-15-9-13(8-14-10-24-28-16(14)15)18-17(11-4-2-1-3-5-11)25-19(23)20(26-18)27-21(29)12-6-7-12/h1-5,8-10,12H,6-7H2,(H2,23,25)(H,24,28)(H,26,27,29). The smallest absolute Gasteiger partial charge is 0.228 e. The average Bonchev–Trinajstić information content (AvgIpc) is 3.47. The number of carbonyl (C=O) groups is 1. The van der Waals surface area contributed by atoms with Crippen LogP contribution in [0.2, 0.25) is 5.02 Å². The molecule has 0 saturated heterocycles. The number of nitrogens with zero attached hydrogens (tertiary/aromatic N) is 3. The first-order chi connectivity index (χ1) is 14.1. The maximum atomic E-state index is 12.3. The van der Waals surface area contributed by atoms with Gasteiger partial charge in [0.25, 0.3) is 0 Å². The molecule has 29 heavy (non-hydrogen) atoms. The molecule has 0 radical (unpaired) electrons. The molecular formula is C21H17ClN6O. The second-order valence-electron chi connectivity index (χ2n) is 7.08. The van der Waals surface area contributed by atoms with Crippen molar-refractivity contribution < 1.29 is 4.79 Å². The number of aromatic nitrogens is 4. The molecular weight excluding hydrogens is 388 g/mol. The maximum absolute atomic E-state index is 12.3. The van der Waals surface area contributed by atoms with E-state index >= 15 is 0 Å². The quantitative estimate of drug-likeness (QED) is 0.470. The minimum atomic E-state index is -0.0762. The molecule has 8 heteroatoms. The summed E-state index contributed by atoms with van der Waals surface area (Å²) in [4.78, 5) is 21.5. The number of hydrogen-bond acceptors (Lipinski definition) is 5. The van der Waals surface area contributed by atoms with Crippen LogP contribution in [0.3, 0.4) is 0 Å². The van der Waals surface area contributed by atoms with E-state index in [-0.39, 0.29) is 23.5 Å². The van der Waals surface area contributed by atoms with E-state index in [9.17, 15) is 4.79 Å². The van der Waals surface area contributed by atoms with Gasteiger partial charge in [-0.15, -0.1) is 0 Å². The van der Waals surface area contributed by atoms with Crippen molar-refractivity contribution in [2.24, 2.45) is 5.92 Å². The lowest BCUT2D eigenvalue weighted by Crippen LogP contribution is -2.17. The fraction of sp³-hybridized carbons (Fsp3) is 0.143. The first-order valence-corrected chi connectivity index (χ1v) is 9.65. The molecule has 144 valence electrons. The molecule has 4 N–H and O–H groups in total. The Bertz CT molecular complexity index is 1230. The van der Waals surface area contributed by atoms with Crippen LogP contribution in [0.4, 0.5) is 11.6 Å². The number of H-pyrrole nitrogens is 1. The van der Waals surface area contributed by atoms with E-state index in [0.717, 1.165) is 34.9 Å². The molecule has 5 rings (SSSR count). The van der Waals surface area contributed by atoms with Crippen molar-refractivity contribution in [2.45, 2.75) is 12.8 Å². The molecule has 1 fully saturated rings.